The van der Waals surface area contributed by atoms with Crippen molar-refractivity contribution in [1.29, 1.82) is 0 Å². The van der Waals surface area contributed by atoms with E-state index in [-0.39, 0.29) is 17.0 Å². The Bertz CT molecular complexity index is 887. The highest BCUT2D eigenvalue weighted by Gasteiger charge is 2.20. The van der Waals surface area contributed by atoms with Crippen molar-refractivity contribution >= 4 is 22.1 Å². The van der Waals surface area contributed by atoms with Gasteiger partial charge in [-0.05, 0) is 30.7 Å². The lowest BCUT2D eigenvalue weighted by molar-refractivity contribution is 0.0525. The summed E-state index contributed by atoms with van der Waals surface area (Å²) in [7, 11) is -4.29. The van der Waals surface area contributed by atoms with Crippen LogP contribution in [0.1, 0.15) is 26.3 Å². The van der Waals surface area contributed by atoms with E-state index in [1.807, 2.05) is 0 Å². The number of ether oxygens (including phenoxy) is 2. The van der Waals surface area contributed by atoms with Gasteiger partial charge >= 0.3 is 11.9 Å². The maximum Gasteiger partial charge on any atom is 0.345 e. The minimum atomic E-state index is -4.29. The molecule has 3 N–H and O–H groups in total. The van der Waals surface area contributed by atoms with E-state index in [9.17, 15) is 23.1 Å². The highest BCUT2D eigenvalue weighted by Crippen LogP contribution is 2.24. The van der Waals surface area contributed by atoms with Crippen LogP contribution in [0.5, 0.6) is 11.6 Å². The third-order valence-electron chi connectivity index (χ3n) is 3.13. The Balaban J connectivity index is 2.18. The van der Waals surface area contributed by atoms with Crippen molar-refractivity contribution in [1.82, 2.24) is 4.98 Å². The Labute approximate surface area is 142 Å². The van der Waals surface area contributed by atoms with Gasteiger partial charge in [-0.2, -0.15) is 8.42 Å². The summed E-state index contributed by atoms with van der Waals surface area (Å²) in [5, 5.41) is 9.86. The zero-order valence-corrected chi connectivity index (χ0v) is 13.9. The van der Waals surface area contributed by atoms with Crippen molar-refractivity contribution in [3.63, 3.8) is 0 Å². The highest BCUT2D eigenvalue weighted by atomic mass is 32.2. The number of phenols is 1. The fraction of sp³-hybridized carbons (Fsp3) is 0.200. The highest BCUT2D eigenvalue weighted by molar-refractivity contribution is 7.85. The summed E-state index contributed by atoms with van der Waals surface area (Å²) in [5.74, 6) is -2.82. The van der Waals surface area contributed by atoms with Gasteiger partial charge < -0.3 is 19.6 Å². The molecule has 0 bridgehead atoms. The molecule has 134 valence electrons. The maximum atomic E-state index is 12.2. The van der Waals surface area contributed by atoms with Crippen molar-refractivity contribution in [2.75, 3.05) is 12.4 Å². The Hall–Kier alpha value is -2.85. The van der Waals surface area contributed by atoms with E-state index in [0.717, 1.165) is 6.07 Å². The molecule has 0 fully saturated rings. The molecule has 0 saturated carbocycles. The predicted octanol–water partition coefficient (Wildman–Crippen LogP) is 1.29. The summed E-state index contributed by atoms with van der Waals surface area (Å²) < 4.78 is 39.6. The van der Waals surface area contributed by atoms with Crippen molar-refractivity contribution < 1.29 is 37.1 Å². The molecule has 1 heterocycles. The van der Waals surface area contributed by atoms with Gasteiger partial charge in [0.15, 0.2) is 0 Å². The first-order chi connectivity index (χ1) is 11.7. The standard InChI is InChI=1S/C15H15NO8S/c1-9-7-12(17)11(14(18)23-5-6-25(20,21)22)8-10(9)15(19)24-13-3-2-4-16-13/h2-4,7-8,16-17H,5-6H2,1H3,(H,20,21,22). The van der Waals surface area contributed by atoms with E-state index >= 15 is 0 Å². The summed E-state index contributed by atoms with van der Waals surface area (Å²) in [6.07, 6.45) is 1.56. The summed E-state index contributed by atoms with van der Waals surface area (Å²) in [6.45, 7) is 0.936. The third-order valence-corrected chi connectivity index (χ3v) is 3.81. The predicted molar refractivity (Wildman–Crippen MR) is 85.3 cm³/mol. The van der Waals surface area contributed by atoms with Gasteiger partial charge in [0.25, 0.3) is 10.1 Å². The largest absolute Gasteiger partial charge is 0.507 e. The molecule has 0 aliphatic carbocycles. The molecule has 25 heavy (non-hydrogen) atoms. The van der Waals surface area contributed by atoms with E-state index in [2.05, 4.69) is 9.72 Å². The minimum Gasteiger partial charge on any atom is -0.507 e. The van der Waals surface area contributed by atoms with Crippen LogP contribution >= 0.6 is 0 Å². The number of carbonyl (C=O) groups is 2. The average molecular weight is 369 g/mol. The fourth-order valence-corrected chi connectivity index (χ4v) is 2.22. The molecule has 1 aromatic carbocycles. The summed E-state index contributed by atoms with van der Waals surface area (Å²) in [4.78, 5) is 26.8. The monoisotopic (exact) mass is 369 g/mol. The molecule has 0 unspecified atom stereocenters. The fourth-order valence-electron chi connectivity index (χ4n) is 1.93. The number of rotatable bonds is 6. The van der Waals surface area contributed by atoms with Gasteiger partial charge in [0.2, 0.25) is 5.88 Å². The van der Waals surface area contributed by atoms with E-state index in [0.29, 0.717) is 5.56 Å². The molecule has 0 spiro atoms. The molecule has 9 nitrogen and oxygen atoms in total. The van der Waals surface area contributed by atoms with E-state index in [1.54, 1.807) is 19.2 Å². The maximum absolute atomic E-state index is 12.2. The van der Waals surface area contributed by atoms with Crippen LogP contribution in [0.4, 0.5) is 0 Å². The second-order valence-corrected chi connectivity index (χ2v) is 6.60. The lowest BCUT2D eigenvalue weighted by atomic mass is 10.0. The summed E-state index contributed by atoms with van der Waals surface area (Å²) in [6, 6.07) is 5.43. The van der Waals surface area contributed by atoms with E-state index in [4.69, 9.17) is 9.29 Å². The lowest BCUT2D eigenvalue weighted by Gasteiger charge is -2.10. The molecular weight excluding hydrogens is 354 g/mol. The van der Waals surface area contributed by atoms with Gasteiger partial charge in [-0.15, -0.1) is 0 Å². The van der Waals surface area contributed by atoms with Crippen molar-refractivity contribution in [3.8, 4) is 11.6 Å². The second kappa shape index (κ2) is 7.36. The van der Waals surface area contributed by atoms with Gasteiger partial charge in [-0.3, -0.25) is 4.55 Å². The van der Waals surface area contributed by atoms with Crippen molar-refractivity contribution in [2.24, 2.45) is 0 Å². The SMILES string of the molecule is Cc1cc(O)c(C(=O)OCCS(=O)(=O)O)cc1C(=O)Oc1ccc[nH]1. The van der Waals surface area contributed by atoms with Crippen LogP contribution in [0, 0.1) is 6.92 Å². The van der Waals surface area contributed by atoms with Gasteiger partial charge in [-0.1, -0.05) is 0 Å². The van der Waals surface area contributed by atoms with Gasteiger partial charge in [0, 0.05) is 12.3 Å². The Morgan fingerprint density at radius 2 is 1.92 bits per heavy atom. The molecular formula is C15H15NO8S. The number of aryl methyl sites for hydroxylation is 1. The zero-order valence-electron chi connectivity index (χ0n) is 13.1. The van der Waals surface area contributed by atoms with Crippen molar-refractivity contribution in [2.45, 2.75) is 6.92 Å². The quantitative estimate of drug-likeness (QED) is 0.510. The van der Waals surface area contributed by atoms with Crippen LogP contribution in [0.3, 0.4) is 0 Å². The number of aromatic amines is 1. The molecule has 0 saturated heterocycles. The average Bonchev–Trinajstić information content (AvgIpc) is 2.98. The number of esters is 2. The van der Waals surface area contributed by atoms with Gasteiger partial charge in [0.05, 0.1) is 5.56 Å². The number of aromatic hydroxyl groups is 1. The van der Waals surface area contributed by atoms with Gasteiger partial charge in [0.1, 0.15) is 23.7 Å². The lowest BCUT2D eigenvalue weighted by Crippen LogP contribution is -2.16. The molecule has 1 aromatic heterocycles. The van der Waals surface area contributed by atoms with E-state index in [1.165, 1.54) is 12.1 Å². The molecule has 2 rings (SSSR count). The number of phenolic OH excluding ortho intramolecular Hbond substituents is 1. The molecule has 0 aliphatic heterocycles. The molecule has 0 radical (unpaired) electrons. The number of benzene rings is 1. The molecule has 0 amide bonds. The van der Waals surface area contributed by atoms with Gasteiger partial charge in [-0.25, -0.2) is 9.59 Å². The first kappa shape index (κ1) is 18.5. The molecule has 2 aromatic rings. The molecule has 0 atom stereocenters. The number of aromatic nitrogens is 1. The smallest absolute Gasteiger partial charge is 0.345 e. The van der Waals surface area contributed by atoms with Crippen LogP contribution in [0.2, 0.25) is 0 Å². The zero-order chi connectivity index (χ0) is 18.6. The van der Waals surface area contributed by atoms with Crippen LogP contribution in [-0.2, 0) is 14.9 Å². The Morgan fingerprint density at radius 3 is 2.52 bits per heavy atom. The molecule has 0 aliphatic rings. The topological polar surface area (TPSA) is 143 Å². The van der Waals surface area contributed by atoms with Crippen molar-refractivity contribution in [3.05, 3.63) is 47.2 Å². The number of nitrogens with one attached hydrogen (secondary N) is 1. The summed E-state index contributed by atoms with van der Waals surface area (Å²) in [5.41, 5.74) is 0.0528. The number of hydrogen-bond acceptors (Lipinski definition) is 7. The van der Waals surface area contributed by atoms with Crippen LogP contribution in [0.15, 0.2) is 30.5 Å². The normalized spacial score (nSPS) is 11.1. The Morgan fingerprint density at radius 1 is 1.20 bits per heavy atom. The first-order valence-electron chi connectivity index (χ1n) is 6.99. The molecule has 10 heteroatoms. The summed E-state index contributed by atoms with van der Waals surface area (Å²) >= 11 is 0. The third kappa shape index (κ3) is 5.06. The first-order valence-corrected chi connectivity index (χ1v) is 8.60. The Kier molecular flexibility index (Phi) is 5.45. The minimum absolute atomic E-state index is 0.0223. The second-order valence-electron chi connectivity index (χ2n) is 5.03. The van der Waals surface area contributed by atoms with Crippen LogP contribution in [-0.4, -0.2) is 47.4 Å². The number of H-pyrrole nitrogens is 1. The number of carbonyl (C=O) groups excluding carboxylic acids is 2. The van der Waals surface area contributed by atoms with Crippen LogP contribution in [0.25, 0.3) is 0 Å². The number of hydrogen-bond donors (Lipinski definition) is 3. The van der Waals surface area contributed by atoms with Crippen LogP contribution < -0.4 is 4.74 Å². The van der Waals surface area contributed by atoms with E-state index < -0.39 is 40.2 Å².